The van der Waals surface area contributed by atoms with Crippen molar-refractivity contribution in [2.75, 3.05) is 6.54 Å². The van der Waals surface area contributed by atoms with Crippen molar-refractivity contribution >= 4 is 0 Å². The molecule has 1 unspecified atom stereocenters. The van der Waals surface area contributed by atoms with Crippen molar-refractivity contribution in [3.8, 4) is 0 Å². The van der Waals surface area contributed by atoms with Gasteiger partial charge in [-0.15, -0.1) is 0 Å². The first-order valence-electron chi connectivity index (χ1n) is 5.40. The molecule has 0 saturated carbocycles. The second-order valence-corrected chi connectivity index (χ2v) is 3.85. The van der Waals surface area contributed by atoms with Crippen LogP contribution in [-0.2, 0) is 14.1 Å². The molecular weight excluding hydrogens is 202 g/mol. The lowest BCUT2D eigenvalue weighted by molar-refractivity contribution is 0.566. The Morgan fingerprint density at radius 1 is 1.38 bits per heavy atom. The maximum absolute atomic E-state index is 4.38. The van der Waals surface area contributed by atoms with Gasteiger partial charge in [-0.05, 0) is 6.54 Å². The van der Waals surface area contributed by atoms with Gasteiger partial charge in [0.15, 0.2) is 0 Å². The molecule has 2 aromatic rings. The van der Waals surface area contributed by atoms with Gasteiger partial charge < -0.3 is 14.5 Å². The molecule has 0 aliphatic rings. The van der Waals surface area contributed by atoms with Gasteiger partial charge in [-0.2, -0.15) is 0 Å². The SMILES string of the molecule is CCNC(c1cn(C)cn1)c1nccn1C. The molecule has 5 nitrogen and oxygen atoms in total. The second kappa shape index (κ2) is 4.49. The molecule has 0 amide bonds. The van der Waals surface area contributed by atoms with E-state index in [1.54, 1.807) is 0 Å². The van der Waals surface area contributed by atoms with Crippen molar-refractivity contribution in [2.45, 2.75) is 13.0 Å². The summed E-state index contributed by atoms with van der Waals surface area (Å²) >= 11 is 0. The molecule has 16 heavy (non-hydrogen) atoms. The Kier molecular flexibility index (Phi) is 3.05. The smallest absolute Gasteiger partial charge is 0.131 e. The van der Waals surface area contributed by atoms with Crippen LogP contribution < -0.4 is 5.32 Å². The Labute approximate surface area is 95.1 Å². The Balaban J connectivity index is 2.34. The fourth-order valence-corrected chi connectivity index (χ4v) is 1.77. The Bertz CT molecular complexity index is 456. The highest BCUT2D eigenvalue weighted by Crippen LogP contribution is 2.17. The van der Waals surface area contributed by atoms with Gasteiger partial charge in [0.05, 0.1) is 12.0 Å². The fourth-order valence-electron chi connectivity index (χ4n) is 1.77. The predicted octanol–water partition coefficient (Wildman–Crippen LogP) is 0.852. The average Bonchev–Trinajstić information content (AvgIpc) is 2.84. The summed E-state index contributed by atoms with van der Waals surface area (Å²) in [5.41, 5.74) is 0.999. The Morgan fingerprint density at radius 2 is 2.19 bits per heavy atom. The maximum Gasteiger partial charge on any atom is 0.131 e. The van der Waals surface area contributed by atoms with Crippen molar-refractivity contribution in [1.82, 2.24) is 24.4 Å². The number of imidazole rings is 2. The summed E-state index contributed by atoms with van der Waals surface area (Å²) in [6.45, 7) is 2.97. The first-order chi connectivity index (χ1) is 7.72. The number of aromatic nitrogens is 4. The summed E-state index contributed by atoms with van der Waals surface area (Å²) in [6, 6.07) is 0.0613. The van der Waals surface area contributed by atoms with Gasteiger partial charge in [0.25, 0.3) is 0 Å². The lowest BCUT2D eigenvalue weighted by Crippen LogP contribution is -2.25. The van der Waals surface area contributed by atoms with Gasteiger partial charge in [-0.3, -0.25) is 0 Å². The molecule has 0 aliphatic carbocycles. The zero-order valence-corrected chi connectivity index (χ0v) is 9.88. The van der Waals surface area contributed by atoms with E-state index in [9.17, 15) is 0 Å². The Hall–Kier alpha value is -1.62. The van der Waals surface area contributed by atoms with Crippen LogP contribution in [0.25, 0.3) is 0 Å². The summed E-state index contributed by atoms with van der Waals surface area (Å²) in [4.78, 5) is 8.75. The van der Waals surface area contributed by atoms with E-state index >= 15 is 0 Å². The molecule has 2 aromatic heterocycles. The van der Waals surface area contributed by atoms with Crippen LogP contribution in [0.2, 0.25) is 0 Å². The van der Waals surface area contributed by atoms with E-state index in [4.69, 9.17) is 0 Å². The van der Waals surface area contributed by atoms with Crippen LogP contribution in [0.4, 0.5) is 0 Å². The minimum absolute atomic E-state index is 0.0613. The van der Waals surface area contributed by atoms with Crippen LogP contribution >= 0.6 is 0 Å². The van der Waals surface area contributed by atoms with Crippen LogP contribution in [0.5, 0.6) is 0 Å². The highest BCUT2D eigenvalue weighted by Gasteiger charge is 2.19. The van der Waals surface area contributed by atoms with Crippen LogP contribution in [-0.4, -0.2) is 25.6 Å². The van der Waals surface area contributed by atoms with Crippen molar-refractivity contribution in [2.24, 2.45) is 14.1 Å². The number of hydrogen-bond donors (Lipinski definition) is 1. The highest BCUT2D eigenvalue weighted by molar-refractivity contribution is 5.15. The molecule has 1 atom stereocenters. The topological polar surface area (TPSA) is 47.7 Å². The van der Waals surface area contributed by atoms with Crippen molar-refractivity contribution < 1.29 is 0 Å². The van der Waals surface area contributed by atoms with Crippen LogP contribution in [0.3, 0.4) is 0 Å². The van der Waals surface area contributed by atoms with Crippen molar-refractivity contribution in [3.63, 3.8) is 0 Å². The summed E-state index contributed by atoms with van der Waals surface area (Å²) in [7, 11) is 3.97. The van der Waals surface area contributed by atoms with Gasteiger partial charge in [-0.1, -0.05) is 6.92 Å². The quantitative estimate of drug-likeness (QED) is 0.829. The maximum atomic E-state index is 4.38. The van der Waals surface area contributed by atoms with E-state index in [2.05, 4.69) is 22.2 Å². The van der Waals surface area contributed by atoms with Gasteiger partial charge in [0.1, 0.15) is 11.9 Å². The number of nitrogens with zero attached hydrogens (tertiary/aromatic N) is 4. The molecule has 2 heterocycles. The largest absolute Gasteiger partial charge is 0.340 e. The lowest BCUT2D eigenvalue weighted by atomic mass is 10.2. The number of rotatable bonds is 4. The van der Waals surface area contributed by atoms with E-state index in [0.717, 1.165) is 18.1 Å². The fraction of sp³-hybridized carbons (Fsp3) is 0.455. The summed E-state index contributed by atoms with van der Waals surface area (Å²) in [5.74, 6) is 0.987. The third-order valence-corrected chi connectivity index (χ3v) is 2.55. The third kappa shape index (κ3) is 1.99. The predicted molar refractivity (Wildman–Crippen MR) is 61.9 cm³/mol. The summed E-state index contributed by atoms with van der Waals surface area (Å²) in [6.07, 6.45) is 7.58. The van der Waals surface area contributed by atoms with E-state index in [0.29, 0.717) is 0 Å². The third-order valence-electron chi connectivity index (χ3n) is 2.55. The molecule has 0 saturated heterocycles. The Morgan fingerprint density at radius 3 is 2.69 bits per heavy atom. The number of hydrogen-bond acceptors (Lipinski definition) is 3. The standard InChI is InChI=1S/C11H17N5/c1-4-12-10(9-7-15(2)8-14-9)11-13-5-6-16(11)3/h5-8,10,12H,4H2,1-3H3. The number of aryl methyl sites for hydroxylation is 2. The molecule has 5 heteroatoms. The summed E-state index contributed by atoms with van der Waals surface area (Å²) < 4.78 is 3.96. The van der Waals surface area contributed by atoms with Gasteiger partial charge in [0.2, 0.25) is 0 Å². The summed E-state index contributed by atoms with van der Waals surface area (Å²) in [5, 5.41) is 3.40. The molecule has 0 aromatic carbocycles. The zero-order chi connectivity index (χ0) is 11.5. The van der Waals surface area contributed by atoms with Crippen molar-refractivity contribution in [3.05, 3.63) is 36.4 Å². The van der Waals surface area contributed by atoms with Crippen molar-refractivity contribution in [1.29, 1.82) is 0 Å². The van der Waals surface area contributed by atoms with E-state index in [1.165, 1.54) is 0 Å². The van der Waals surface area contributed by atoms with Crippen LogP contribution in [0.1, 0.15) is 24.5 Å². The highest BCUT2D eigenvalue weighted by atomic mass is 15.1. The molecule has 0 spiro atoms. The van der Waals surface area contributed by atoms with Gasteiger partial charge >= 0.3 is 0 Å². The molecule has 0 radical (unpaired) electrons. The molecule has 86 valence electrons. The minimum atomic E-state index is 0.0613. The second-order valence-electron chi connectivity index (χ2n) is 3.85. The first-order valence-corrected chi connectivity index (χ1v) is 5.40. The number of nitrogens with one attached hydrogen (secondary N) is 1. The van der Waals surface area contributed by atoms with Crippen LogP contribution in [0.15, 0.2) is 24.9 Å². The molecule has 0 bridgehead atoms. The molecule has 2 rings (SSSR count). The van der Waals surface area contributed by atoms with Crippen LogP contribution in [0, 0.1) is 0 Å². The zero-order valence-electron chi connectivity index (χ0n) is 9.88. The van der Waals surface area contributed by atoms with Gasteiger partial charge in [-0.25, -0.2) is 9.97 Å². The lowest BCUT2D eigenvalue weighted by Gasteiger charge is -2.15. The first kappa shape index (κ1) is 10.9. The van der Waals surface area contributed by atoms with Gasteiger partial charge in [0, 0.05) is 32.7 Å². The molecular formula is C11H17N5. The minimum Gasteiger partial charge on any atom is -0.340 e. The molecule has 0 aliphatic heterocycles. The van der Waals surface area contributed by atoms with E-state index < -0.39 is 0 Å². The monoisotopic (exact) mass is 219 g/mol. The normalized spacial score (nSPS) is 12.9. The molecule has 0 fully saturated rings. The molecule has 1 N–H and O–H groups in total. The van der Waals surface area contributed by atoms with E-state index in [-0.39, 0.29) is 6.04 Å². The average molecular weight is 219 g/mol. The van der Waals surface area contributed by atoms with E-state index in [1.807, 2.05) is 48.1 Å².